The van der Waals surface area contributed by atoms with E-state index >= 15 is 0 Å². The molecule has 0 fully saturated rings. The molecule has 0 radical (unpaired) electrons. The van der Waals surface area contributed by atoms with Crippen molar-refractivity contribution in [2.24, 2.45) is 5.41 Å². The predicted molar refractivity (Wildman–Crippen MR) is 87.7 cm³/mol. The fraction of sp³-hybridized carbons (Fsp3) is 0.500. The lowest BCUT2D eigenvalue weighted by Crippen LogP contribution is -2.21. The van der Waals surface area contributed by atoms with Gasteiger partial charge >= 0.3 is 0 Å². The van der Waals surface area contributed by atoms with Crippen LogP contribution in [0.15, 0.2) is 21.1 Å². The number of rotatable bonds is 4. The Morgan fingerprint density at radius 1 is 1.26 bits per heavy atom. The molecule has 0 spiro atoms. The zero-order valence-corrected chi connectivity index (χ0v) is 15.1. The zero-order valence-electron chi connectivity index (χ0n) is 11.1. The summed E-state index contributed by atoms with van der Waals surface area (Å²) in [5, 5.41) is 0. The maximum absolute atomic E-state index is 12.0. The zero-order chi connectivity index (χ0) is 14.8. The first-order valence-corrected chi connectivity index (χ1v) is 8.99. The van der Waals surface area contributed by atoms with E-state index in [9.17, 15) is 8.42 Å². The second kappa shape index (κ2) is 6.01. The van der Waals surface area contributed by atoms with E-state index in [0.29, 0.717) is 22.3 Å². The minimum absolute atomic E-state index is 0.0305. The van der Waals surface area contributed by atoms with Crippen LogP contribution in [0.5, 0.6) is 0 Å². The summed E-state index contributed by atoms with van der Waals surface area (Å²) in [5.74, 6) is 0.0679. The number of anilines is 2. The Morgan fingerprint density at radius 2 is 1.84 bits per heavy atom. The van der Waals surface area contributed by atoms with Crippen molar-refractivity contribution in [1.29, 1.82) is 0 Å². The molecular weight excluding hydrogens is 396 g/mol. The summed E-state index contributed by atoms with van der Waals surface area (Å²) in [5.41, 5.74) is 6.56. The Hall–Kier alpha value is -0.270. The van der Waals surface area contributed by atoms with Crippen LogP contribution in [-0.2, 0) is 10.0 Å². The van der Waals surface area contributed by atoms with Crippen LogP contribution in [0.25, 0.3) is 0 Å². The van der Waals surface area contributed by atoms with Crippen molar-refractivity contribution in [2.75, 3.05) is 16.2 Å². The van der Waals surface area contributed by atoms with Crippen LogP contribution in [0.4, 0.5) is 11.4 Å². The largest absolute Gasteiger partial charge is 0.397 e. The second-order valence-corrected chi connectivity index (χ2v) is 9.20. The van der Waals surface area contributed by atoms with Gasteiger partial charge in [0.25, 0.3) is 0 Å². The van der Waals surface area contributed by atoms with Crippen molar-refractivity contribution >= 4 is 53.3 Å². The van der Waals surface area contributed by atoms with Gasteiger partial charge in [-0.05, 0) is 39.9 Å². The van der Waals surface area contributed by atoms with E-state index < -0.39 is 10.0 Å². The third kappa shape index (κ3) is 5.71. The van der Waals surface area contributed by atoms with Crippen LogP contribution in [0.3, 0.4) is 0 Å². The van der Waals surface area contributed by atoms with Gasteiger partial charge in [-0.1, -0.05) is 36.7 Å². The first-order chi connectivity index (χ1) is 8.50. The molecule has 0 atom stereocenters. The minimum Gasteiger partial charge on any atom is -0.397 e. The fourth-order valence-corrected chi connectivity index (χ4v) is 4.36. The molecule has 0 saturated heterocycles. The summed E-state index contributed by atoms with van der Waals surface area (Å²) >= 11 is 6.60. The highest BCUT2D eigenvalue weighted by atomic mass is 79.9. The fourth-order valence-electron chi connectivity index (χ4n) is 1.35. The van der Waals surface area contributed by atoms with Crippen LogP contribution in [-0.4, -0.2) is 14.2 Å². The minimum atomic E-state index is -3.40. The average Bonchev–Trinajstić information content (AvgIpc) is 2.20. The Bertz CT molecular complexity index is 543. The molecule has 108 valence electrons. The van der Waals surface area contributed by atoms with Crippen molar-refractivity contribution in [3.05, 3.63) is 21.1 Å². The molecule has 19 heavy (non-hydrogen) atoms. The predicted octanol–water partition coefficient (Wildman–Crippen LogP) is 3.97. The van der Waals surface area contributed by atoms with E-state index in [2.05, 4.69) is 36.6 Å². The summed E-state index contributed by atoms with van der Waals surface area (Å²) in [6, 6.07) is 3.41. The van der Waals surface area contributed by atoms with Gasteiger partial charge in [0.15, 0.2) is 0 Å². The molecule has 0 amide bonds. The number of nitrogen functional groups attached to an aromatic ring is 1. The molecular formula is C12H18Br2N2O2S. The summed E-state index contributed by atoms with van der Waals surface area (Å²) in [6.07, 6.45) is 0.580. The van der Waals surface area contributed by atoms with Gasteiger partial charge in [0.1, 0.15) is 0 Å². The van der Waals surface area contributed by atoms with Gasteiger partial charge in [-0.3, -0.25) is 4.72 Å². The highest BCUT2D eigenvalue weighted by Crippen LogP contribution is 2.33. The first-order valence-electron chi connectivity index (χ1n) is 5.75. The quantitative estimate of drug-likeness (QED) is 0.733. The van der Waals surface area contributed by atoms with Crippen LogP contribution in [0.2, 0.25) is 0 Å². The maximum Gasteiger partial charge on any atom is 0.232 e. The molecule has 1 rings (SSSR count). The van der Waals surface area contributed by atoms with E-state index in [4.69, 9.17) is 5.73 Å². The maximum atomic E-state index is 12.0. The molecule has 0 aliphatic heterocycles. The van der Waals surface area contributed by atoms with Crippen LogP contribution >= 0.6 is 31.9 Å². The van der Waals surface area contributed by atoms with Crippen molar-refractivity contribution in [3.63, 3.8) is 0 Å². The summed E-state index contributed by atoms with van der Waals surface area (Å²) in [6.45, 7) is 6.02. The van der Waals surface area contributed by atoms with E-state index in [-0.39, 0.29) is 11.2 Å². The molecule has 4 nitrogen and oxygen atoms in total. The van der Waals surface area contributed by atoms with Gasteiger partial charge in [0, 0.05) is 8.95 Å². The Labute approximate surface area is 131 Å². The smallest absolute Gasteiger partial charge is 0.232 e. The lowest BCUT2D eigenvalue weighted by molar-refractivity contribution is 0.397. The van der Waals surface area contributed by atoms with Gasteiger partial charge in [-0.15, -0.1) is 0 Å². The molecule has 0 aliphatic rings. The van der Waals surface area contributed by atoms with E-state index in [1.165, 1.54) is 0 Å². The van der Waals surface area contributed by atoms with E-state index in [1.54, 1.807) is 12.1 Å². The Balaban J connectivity index is 2.90. The Kier molecular flexibility index (Phi) is 5.31. The molecule has 0 bridgehead atoms. The average molecular weight is 414 g/mol. The third-order valence-electron chi connectivity index (χ3n) is 2.46. The number of nitrogens with two attached hydrogens (primary N) is 1. The van der Waals surface area contributed by atoms with Gasteiger partial charge in [-0.2, -0.15) is 0 Å². The topological polar surface area (TPSA) is 72.2 Å². The third-order valence-corrected chi connectivity index (χ3v) is 4.80. The van der Waals surface area contributed by atoms with Gasteiger partial charge in [-0.25, -0.2) is 8.42 Å². The number of hydrogen-bond donors (Lipinski definition) is 2. The first kappa shape index (κ1) is 16.8. The number of sulfonamides is 1. The number of benzene rings is 1. The molecule has 3 N–H and O–H groups in total. The molecule has 0 unspecified atom stereocenters. The molecule has 0 saturated carbocycles. The second-order valence-electron chi connectivity index (χ2n) is 5.58. The van der Waals surface area contributed by atoms with Gasteiger partial charge < -0.3 is 5.73 Å². The lowest BCUT2D eigenvalue weighted by Gasteiger charge is -2.19. The lowest BCUT2D eigenvalue weighted by atomic mass is 9.94. The summed E-state index contributed by atoms with van der Waals surface area (Å²) in [7, 11) is -3.40. The van der Waals surface area contributed by atoms with Gasteiger partial charge in [0.05, 0.1) is 17.1 Å². The normalized spacial score (nSPS) is 12.5. The number of hydrogen-bond acceptors (Lipinski definition) is 3. The van der Waals surface area contributed by atoms with Crippen LogP contribution < -0.4 is 10.5 Å². The highest BCUT2D eigenvalue weighted by Gasteiger charge is 2.19. The molecule has 7 heteroatoms. The van der Waals surface area contributed by atoms with Crippen molar-refractivity contribution in [3.8, 4) is 0 Å². The van der Waals surface area contributed by atoms with Crippen molar-refractivity contribution in [2.45, 2.75) is 27.2 Å². The summed E-state index contributed by atoms with van der Waals surface area (Å²) in [4.78, 5) is 0. The van der Waals surface area contributed by atoms with E-state index in [1.807, 2.05) is 20.8 Å². The molecule has 0 heterocycles. The van der Waals surface area contributed by atoms with Crippen molar-refractivity contribution in [1.82, 2.24) is 0 Å². The van der Waals surface area contributed by atoms with Gasteiger partial charge in [0.2, 0.25) is 10.0 Å². The SMILES string of the molecule is CC(C)(C)CCS(=O)(=O)Nc1c(N)cc(Br)cc1Br. The van der Waals surface area contributed by atoms with Crippen LogP contribution in [0, 0.1) is 5.41 Å². The van der Waals surface area contributed by atoms with Crippen molar-refractivity contribution < 1.29 is 8.42 Å². The molecule has 1 aromatic rings. The number of halogens is 2. The highest BCUT2D eigenvalue weighted by molar-refractivity contribution is 9.11. The standard InChI is InChI=1S/C12H18Br2N2O2S/c1-12(2,3)4-5-19(17,18)16-11-9(14)6-8(13)7-10(11)15/h6-7,16H,4-5,15H2,1-3H3. The number of nitrogens with one attached hydrogen (secondary N) is 1. The van der Waals surface area contributed by atoms with E-state index in [0.717, 1.165) is 4.47 Å². The molecule has 1 aromatic carbocycles. The van der Waals surface area contributed by atoms with Crippen LogP contribution in [0.1, 0.15) is 27.2 Å². The molecule has 0 aliphatic carbocycles. The Morgan fingerprint density at radius 3 is 2.32 bits per heavy atom. The monoisotopic (exact) mass is 412 g/mol. The molecule has 0 aromatic heterocycles. The summed E-state index contributed by atoms with van der Waals surface area (Å²) < 4.78 is 28.0.